The number of piperidine rings is 1. The van der Waals surface area contributed by atoms with E-state index >= 15 is 0 Å². The van der Waals surface area contributed by atoms with Gasteiger partial charge in [-0.1, -0.05) is 13.0 Å². The van der Waals surface area contributed by atoms with Gasteiger partial charge in [-0.05, 0) is 35.9 Å². The molecule has 2 aromatic rings. The predicted molar refractivity (Wildman–Crippen MR) is 94.7 cm³/mol. The molecule has 1 aliphatic rings. The SMILES string of the molecule is CC1CC(C(=O)O)CN(C(=O)Nc2ccc3ccn(C)c(=O)c3c2)C1. The van der Waals surface area contributed by atoms with Gasteiger partial charge in [0.05, 0.1) is 5.92 Å². The van der Waals surface area contributed by atoms with E-state index in [2.05, 4.69) is 5.32 Å². The van der Waals surface area contributed by atoms with E-state index in [1.54, 1.807) is 31.4 Å². The molecule has 3 rings (SSSR count). The van der Waals surface area contributed by atoms with E-state index in [4.69, 9.17) is 0 Å². The Bertz CT molecular complexity index is 890. The largest absolute Gasteiger partial charge is 0.481 e. The van der Waals surface area contributed by atoms with Crippen LogP contribution < -0.4 is 10.9 Å². The number of carbonyl (C=O) groups excluding carboxylic acids is 1. The maximum Gasteiger partial charge on any atom is 0.321 e. The number of carbonyl (C=O) groups is 2. The molecule has 0 spiro atoms. The van der Waals surface area contributed by atoms with Crippen molar-refractivity contribution in [2.75, 3.05) is 18.4 Å². The topological polar surface area (TPSA) is 91.6 Å². The summed E-state index contributed by atoms with van der Waals surface area (Å²) in [7, 11) is 1.67. The zero-order valence-corrected chi connectivity index (χ0v) is 14.2. The Labute approximate surface area is 144 Å². The van der Waals surface area contributed by atoms with Gasteiger partial charge in [0.1, 0.15) is 0 Å². The molecule has 1 aliphatic heterocycles. The highest BCUT2D eigenvalue weighted by Crippen LogP contribution is 2.23. The number of carboxylic acid groups (broad SMARTS) is 1. The molecule has 132 valence electrons. The van der Waals surface area contributed by atoms with Crippen LogP contribution in [0, 0.1) is 11.8 Å². The average Bonchev–Trinajstić information content (AvgIpc) is 2.58. The van der Waals surface area contributed by atoms with Crippen LogP contribution in [-0.4, -0.2) is 39.7 Å². The highest BCUT2D eigenvalue weighted by molar-refractivity contribution is 5.93. The number of pyridine rings is 1. The number of hydrogen-bond acceptors (Lipinski definition) is 3. The highest BCUT2D eigenvalue weighted by Gasteiger charge is 2.31. The number of benzene rings is 1. The summed E-state index contributed by atoms with van der Waals surface area (Å²) >= 11 is 0. The van der Waals surface area contributed by atoms with Crippen molar-refractivity contribution in [3.8, 4) is 0 Å². The second-order valence-electron chi connectivity index (χ2n) is 6.74. The Hall–Kier alpha value is -2.83. The molecule has 1 saturated heterocycles. The number of aliphatic carboxylic acids is 1. The van der Waals surface area contributed by atoms with E-state index in [9.17, 15) is 19.5 Å². The lowest BCUT2D eigenvalue weighted by Gasteiger charge is -2.34. The molecule has 0 aliphatic carbocycles. The first-order valence-corrected chi connectivity index (χ1v) is 8.23. The molecule has 0 saturated carbocycles. The van der Waals surface area contributed by atoms with Gasteiger partial charge in [0, 0.05) is 37.4 Å². The van der Waals surface area contributed by atoms with E-state index in [1.165, 1.54) is 9.47 Å². The Morgan fingerprint density at radius 2 is 2.00 bits per heavy atom. The molecule has 7 heteroatoms. The van der Waals surface area contributed by atoms with Gasteiger partial charge in [-0.25, -0.2) is 4.79 Å². The molecule has 2 amide bonds. The van der Waals surface area contributed by atoms with Crippen molar-refractivity contribution in [3.63, 3.8) is 0 Å². The Balaban J connectivity index is 1.81. The molecule has 7 nitrogen and oxygen atoms in total. The number of aryl methyl sites for hydroxylation is 1. The third kappa shape index (κ3) is 3.50. The first kappa shape index (κ1) is 17.0. The third-order valence-corrected chi connectivity index (χ3v) is 4.63. The normalized spacial score (nSPS) is 20.5. The van der Waals surface area contributed by atoms with Gasteiger partial charge >= 0.3 is 12.0 Å². The lowest BCUT2D eigenvalue weighted by atomic mass is 9.91. The molecule has 2 atom stereocenters. The van der Waals surface area contributed by atoms with Crippen molar-refractivity contribution in [1.82, 2.24) is 9.47 Å². The summed E-state index contributed by atoms with van der Waals surface area (Å²) in [6.07, 6.45) is 2.27. The fourth-order valence-corrected chi connectivity index (χ4v) is 3.31. The van der Waals surface area contributed by atoms with E-state index in [1.807, 2.05) is 13.0 Å². The number of urea groups is 1. The van der Waals surface area contributed by atoms with Gasteiger partial charge in [-0.3, -0.25) is 9.59 Å². The van der Waals surface area contributed by atoms with E-state index in [-0.39, 0.29) is 24.1 Å². The quantitative estimate of drug-likeness (QED) is 0.874. The first-order chi connectivity index (χ1) is 11.8. The summed E-state index contributed by atoms with van der Waals surface area (Å²) in [5.41, 5.74) is 0.386. The van der Waals surface area contributed by atoms with Crippen LogP contribution in [0.2, 0.25) is 0 Å². The number of amides is 2. The predicted octanol–water partition coefficient (Wildman–Crippen LogP) is 2.11. The fraction of sp³-hybridized carbons (Fsp3) is 0.389. The third-order valence-electron chi connectivity index (χ3n) is 4.63. The molecule has 1 aromatic carbocycles. The Morgan fingerprint density at radius 3 is 2.72 bits per heavy atom. The maximum atomic E-state index is 12.5. The summed E-state index contributed by atoms with van der Waals surface area (Å²) in [4.78, 5) is 37.5. The van der Waals surface area contributed by atoms with Gasteiger partial charge in [0.15, 0.2) is 0 Å². The van der Waals surface area contributed by atoms with Crippen molar-refractivity contribution >= 4 is 28.5 Å². The Kier molecular flexibility index (Phi) is 4.48. The molecule has 1 fully saturated rings. The van der Waals surface area contributed by atoms with Crippen LogP contribution >= 0.6 is 0 Å². The van der Waals surface area contributed by atoms with Crippen LogP contribution in [0.3, 0.4) is 0 Å². The second-order valence-corrected chi connectivity index (χ2v) is 6.74. The number of nitrogens with zero attached hydrogens (tertiary/aromatic N) is 2. The molecule has 2 N–H and O–H groups in total. The second kappa shape index (κ2) is 6.58. The van der Waals surface area contributed by atoms with Gasteiger partial charge in [0.25, 0.3) is 5.56 Å². The van der Waals surface area contributed by atoms with Crippen molar-refractivity contribution in [1.29, 1.82) is 0 Å². The minimum absolute atomic E-state index is 0.129. The lowest BCUT2D eigenvalue weighted by Crippen LogP contribution is -2.47. The molecule has 0 bridgehead atoms. The zero-order chi connectivity index (χ0) is 18.1. The van der Waals surface area contributed by atoms with Crippen molar-refractivity contribution < 1.29 is 14.7 Å². The summed E-state index contributed by atoms with van der Waals surface area (Å²) in [6, 6.07) is 6.67. The van der Waals surface area contributed by atoms with Gasteiger partial charge in [-0.2, -0.15) is 0 Å². The summed E-state index contributed by atoms with van der Waals surface area (Å²) in [6.45, 7) is 2.65. The number of likely N-dealkylation sites (tertiary alicyclic amines) is 1. The van der Waals surface area contributed by atoms with E-state index < -0.39 is 11.9 Å². The number of aromatic nitrogens is 1. The van der Waals surface area contributed by atoms with Crippen LogP contribution in [0.25, 0.3) is 10.8 Å². The van der Waals surface area contributed by atoms with Crippen molar-refractivity contribution in [3.05, 3.63) is 40.8 Å². The van der Waals surface area contributed by atoms with Gasteiger partial charge in [-0.15, -0.1) is 0 Å². The average molecular weight is 343 g/mol. The number of rotatable bonds is 2. The lowest BCUT2D eigenvalue weighted by molar-refractivity contribution is -0.143. The minimum atomic E-state index is -0.876. The minimum Gasteiger partial charge on any atom is -0.481 e. The summed E-state index contributed by atoms with van der Waals surface area (Å²) in [5, 5.41) is 13.3. The standard InChI is InChI=1S/C18H21N3O4/c1-11-7-13(17(23)24)10-21(9-11)18(25)19-14-4-3-12-5-6-20(2)16(22)15(12)8-14/h3-6,8,11,13H,7,9-10H2,1-2H3,(H,19,25)(H,23,24). The first-order valence-electron chi connectivity index (χ1n) is 8.23. The monoisotopic (exact) mass is 343 g/mol. The summed E-state index contributed by atoms with van der Waals surface area (Å²) in [5.74, 6) is -1.29. The highest BCUT2D eigenvalue weighted by atomic mass is 16.4. The molecule has 2 unspecified atom stereocenters. The van der Waals surface area contributed by atoms with Crippen LogP contribution in [0.4, 0.5) is 10.5 Å². The number of nitrogens with one attached hydrogen (secondary N) is 1. The fourth-order valence-electron chi connectivity index (χ4n) is 3.31. The van der Waals surface area contributed by atoms with E-state index in [0.29, 0.717) is 24.0 Å². The zero-order valence-electron chi connectivity index (χ0n) is 14.2. The molecule has 1 aromatic heterocycles. The molecule has 0 radical (unpaired) electrons. The number of carboxylic acids is 1. The molecular weight excluding hydrogens is 322 g/mol. The van der Waals surface area contributed by atoms with Crippen LogP contribution in [0.1, 0.15) is 13.3 Å². The number of anilines is 1. The number of hydrogen-bond donors (Lipinski definition) is 2. The summed E-state index contributed by atoms with van der Waals surface area (Å²) < 4.78 is 1.48. The molecule has 25 heavy (non-hydrogen) atoms. The van der Waals surface area contributed by atoms with Gasteiger partial charge in [0.2, 0.25) is 0 Å². The van der Waals surface area contributed by atoms with E-state index in [0.717, 1.165) is 5.39 Å². The number of fused-ring (bicyclic) bond motifs is 1. The van der Waals surface area contributed by atoms with Crippen molar-refractivity contribution in [2.45, 2.75) is 13.3 Å². The van der Waals surface area contributed by atoms with Crippen LogP contribution in [0.15, 0.2) is 35.3 Å². The molecule has 2 heterocycles. The van der Waals surface area contributed by atoms with Gasteiger partial charge < -0.3 is 19.9 Å². The van der Waals surface area contributed by atoms with Crippen molar-refractivity contribution in [2.24, 2.45) is 18.9 Å². The molecular formula is C18H21N3O4. The van der Waals surface area contributed by atoms with Crippen LogP contribution in [-0.2, 0) is 11.8 Å². The maximum absolute atomic E-state index is 12.5. The smallest absolute Gasteiger partial charge is 0.321 e. The Morgan fingerprint density at radius 1 is 1.24 bits per heavy atom. The van der Waals surface area contributed by atoms with Crippen LogP contribution in [0.5, 0.6) is 0 Å².